The zero-order valence-electron chi connectivity index (χ0n) is 12.6. The molecule has 23 heavy (non-hydrogen) atoms. The fraction of sp³-hybridized carbons (Fsp3) is 0.125. The van der Waals surface area contributed by atoms with Crippen LogP contribution in [-0.4, -0.2) is 25.9 Å². The Kier molecular flexibility index (Phi) is 5.33. The van der Waals surface area contributed by atoms with Crippen LogP contribution in [0.25, 0.3) is 0 Å². The molecule has 0 bridgehead atoms. The Hall–Kier alpha value is -2.41. The molecule has 2 amide bonds. The van der Waals surface area contributed by atoms with Gasteiger partial charge in [-0.05, 0) is 36.4 Å². The molecule has 0 atom stereocenters. The molecular weight excluding hydrogens is 365 g/mol. The van der Waals surface area contributed by atoms with Crippen molar-refractivity contribution in [3.63, 3.8) is 0 Å². The molecule has 0 aliphatic heterocycles. The molecule has 7 heteroatoms. The number of hydrogen-bond donors (Lipinski definition) is 2. The zero-order chi connectivity index (χ0) is 17.0. The quantitative estimate of drug-likeness (QED) is 0.806. The van der Waals surface area contributed by atoms with E-state index in [2.05, 4.69) is 26.8 Å². The maximum Gasteiger partial charge on any atom is 0.272 e. The standard InChI is InChI=1S/C16H15BrFN3O2/c1-21(2)12-5-3-4-10(8-12)15(22)19-20-16(23)13-9-11(17)6-7-14(13)18/h3-9H,1-2H3,(H,19,22)(H,20,23). The van der Waals surface area contributed by atoms with Crippen molar-refractivity contribution in [1.82, 2.24) is 10.9 Å². The summed E-state index contributed by atoms with van der Waals surface area (Å²) < 4.78 is 14.2. The van der Waals surface area contributed by atoms with E-state index in [1.54, 1.807) is 18.2 Å². The molecule has 0 fully saturated rings. The third kappa shape index (κ3) is 4.29. The molecule has 0 aliphatic carbocycles. The van der Waals surface area contributed by atoms with Gasteiger partial charge in [-0.2, -0.15) is 0 Å². The van der Waals surface area contributed by atoms with Gasteiger partial charge in [0.25, 0.3) is 11.8 Å². The maximum absolute atomic E-state index is 13.6. The van der Waals surface area contributed by atoms with Crippen LogP contribution < -0.4 is 15.8 Å². The van der Waals surface area contributed by atoms with E-state index in [0.717, 1.165) is 5.69 Å². The molecule has 2 aromatic rings. The second-order valence-electron chi connectivity index (χ2n) is 4.98. The third-order valence-corrected chi connectivity index (χ3v) is 3.58. The van der Waals surface area contributed by atoms with Crippen LogP contribution in [0.4, 0.5) is 10.1 Å². The number of hydrazine groups is 1. The number of rotatable bonds is 3. The number of amides is 2. The molecule has 5 nitrogen and oxygen atoms in total. The van der Waals surface area contributed by atoms with Gasteiger partial charge in [0, 0.05) is 29.8 Å². The summed E-state index contributed by atoms with van der Waals surface area (Å²) in [6.45, 7) is 0. The van der Waals surface area contributed by atoms with Crippen LogP contribution in [0.3, 0.4) is 0 Å². The van der Waals surface area contributed by atoms with Crippen LogP contribution in [-0.2, 0) is 0 Å². The van der Waals surface area contributed by atoms with E-state index in [0.29, 0.717) is 10.0 Å². The van der Waals surface area contributed by atoms with Crippen LogP contribution in [0, 0.1) is 5.82 Å². The Bertz CT molecular complexity index is 750. The first-order chi connectivity index (χ1) is 10.9. The molecule has 0 aliphatic rings. The lowest BCUT2D eigenvalue weighted by atomic mass is 10.2. The lowest BCUT2D eigenvalue weighted by Gasteiger charge is -2.13. The van der Waals surface area contributed by atoms with Crippen molar-refractivity contribution < 1.29 is 14.0 Å². The SMILES string of the molecule is CN(C)c1cccc(C(=O)NNC(=O)c2cc(Br)ccc2F)c1. The molecule has 0 saturated carbocycles. The first-order valence-electron chi connectivity index (χ1n) is 6.71. The highest BCUT2D eigenvalue weighted by atomic mass is 79.9. The van der Waals surface area contributed by atoms with Crippen LogP contribution in [0.15, 0.2) is 46.9 Å². The van der Waals surface area contributed by atoms with Crippen molar-refractivity contribution in [2.75, 3.05) is 19.0 Å². The second kappa shape index (κ2) is 7.23. The average molecular weight is 380 g/mol. The minimum atomic E-state index is -0.735. The van der Waals surface area contributed by atoms with Crippen molar-refractivity contribution in [3.05, 3.63) is 63.9 Å². The number of hydrogen-bond acceptors (Lipinski definition) is 3. The van der Waals surface area contributed by atoms with Crippen molar-refractivity contribution in [1.29, 1.82) is 0 Å². The summed E-state index contributed by atoms with van der Waals surface area (Å²) in [5.41, 5.74) is 5.54. The van der Waals surface area contributed by atoms with Gasteiger partial charge < -0.3 is 4.90 Å². The smallest absolute Gasteiger partial charge is 0.272 e. The second-order valence-corrected chi connectivity index (χ2v) is 5.89. The fourth-order valence-electron chi connectivity index (χ4n) is 1.85. The number of anilines is 1. The van der Waals surface area contributed by atoms with Crippen LogP contribution in [0.5, 0.6) is 0 Å². The van der Waals surface area contributed by atoms with E-state index in [9.17, 15) is 14.0 Å². The predicted molar refractivity (Wildman–Crippen MR) is 89.8 cm³/mol. The Balaban J connectivity index is 2.05. The first-order valence-corrected chi connectivity index (χ1v) is 7.51. The van der Waals surface area contributed by atoms with Crippen LogP contribution >= 0.6 is 15.9 Å². The molecule has 0 heterocycles. The highest BCUT2D eigenvalue weighted by molar-refractivity contribution is 9.10. The lowest BCUT2D eigenvalue weighted by molar-refractivity contribution is 0.0844. The summed E-state index contributed by atoms with van der Waals surface area (Å²) in [5.74, 6) is -1.90. The Morgan fingerprint density at radius 3 is 2.43 bits per heavy atom. The van der Waals surface area contributed by atoms with Crippen LogP contribution in [0.1, 0.15) is 20.7 Å². The van der Waals surface area contributed by atoms with Crippen molar-refractivity contribution in [2.45, 2.75) is 0 Å². The molecule has 0 unspecified atom stereocenters. The predicted octanol–water partition coefficient (Wildman–Crippen LogP) is 2.73. The van der Waals surface area contributed by atoms with E-state index in [-0.39, 0.29) is 5.56 Å². The molecule has 0 spiro atoms. The van der Waals surface area contributed by atoms with Gasteiger partial charge in [0.2, 0.25) is 0 Å². The minimum Gasteiger partial charge on any atom is -0.378 e. The van der Waals surface area contributed by atoms with E-state index in [1.165, 1.54) is 18.2 Å². The molecule has 2 rings (SSSR count). The number of carbonyl (C=O) groups is 2. The van der Waals surface area contributed by atoms with Gasteiger partial charge in [0.15, 0.2) is 0 Å². The Labute approximate surface area is 141 Å². The summed E-state index contributed by atoms with van der Waals surface area (Å²) in [4.78, 5) is 25.8. The van der Waals surface area contributed by atoms with E-state index in [4.69, 9.17) is 0 Å². The van der Waals surface area contributed by atoms with Gasteiger partial charge in [-0.25, -0.2) is 4.39 Å². The lowest BCUT2D eigenvalue weighted by Crippen LogP contribution is -2.42. The highest BCUT2D eigenvalue weighted by Crippen LogP contribution is 2.15. The van der Waals surface area contributed by atoms with Gasteiger partial charge in [-0.1, -0.05) is 22.0 Å². The molecule has 0 aromatic heterocycles. The first kappa shape index (κ1) is 17.0. The molecule has 0 radical (unpaired) electrons. The molecular formula is C16H15BrFN3O2. The fourth-order valence-corrected chi connectivity index (χ4v) is 2.21. The van der Waals surface area contributed by atoms with Crippen molar-refractivity contribution in [3.8, 4) is 0 Å². The topological polar surface area (TPSA) is 61.4 Å². The molecule has 0 saturated heterocycles. The van der Waals surface area contributed by atoms with E-state index in [1.807, 2.05) is 25.1 Å². The molecule has 2 aromatic carbocycles. The number of nitrogens with one attached hydrogen (secondary N) is 2. The number of nitrogens with zero attached hydrogens (tertiary/aromatic N) is 1. The Morgan fingerprint density at radius 1 is 1.04 bits per heavy atom. The minimum absolute atomic E-state index is 0.165. The van der Waals surface area contributed by atoms with Gasteiger partial charge in [-0.3, -0.25) is 20.4 Å². The summed E-state index contributed by atoms with van der Waals surface area (Å²) in [6, 6.07) is 10.9. The Morgan fingerprint density at radius 2 is 1.74 bits per heavy atom. The summed E-state index contributed by atoms with van der Waals surface area (Å²) in [6.07, 6.45) is 0. The molecule has 120 valence electrons. The highest BCUT2D eigenvalue weighted by Gasteiger charge is 2.14. The van der Waals surface area contributed by atoms with Crippen LogP contribution in [0.2, 0.25) is 0 Å². The third-order valence-electron chi connectivity index (χ3n) is 3.09. The van der Waals surface area contributed by atoms with Gasteiger partial charge in [-0.15, -0.1) is 0 Å². The van der Waals surface area contributed by atoms with Gasteiger partial charge in [0.1, 0.15) is 5.82 Å². The van der Waals surface area contributed by atoms with E-state index < -0.39 is 17.6 Å². The number of benzene rings is 2. The average Bonchev–Trinajstić information content (AvgIpc) is 2.54. The monoisotopic (exact) mass is 379 g/mol. The normalized spacial score (nSPS) is 10.1. The summed E-state index contributed by atoms with van der Waals surface area (Å²) >= 11 is 3.16. The summed E-state index contributed by atoms with van der Waals surface area (Å²) in [7, 11) is 3.71. The van der Waals surface area contributed by atoms with E-state index >= 15 is 0 Å². The van der Waals surface area contributed by atoms with Crippen molar-refractivity contribution in [2.24, 2.45) is 0 Å². The zero-order valence-corrected chi connectivity index (χ0v) is 14.1. The van der Waals surface area contributed by atoms with Crippen molar-refractivity contribution >= 4 is 33.4 Å². The maximum atomic E-state index is 13.6. The number of halogens is 2. The number of carbonyl (C=O) groups excluding carboxylic acids is 2. The largest absolute Gasteiger partial charge is 0.378 e. The molecule has 2 N–H and O–H groups in total. The van der Waals surface area contributed by atoms with Gasteiger partial charge in [0.05, 0.1) is 5.56 Å². The summed E-state index contributed by atoms with van der Waals surface area (Å²) in [5, 5.41) is 0. The van der Waals surface area contributed by atoms with Gasteiger partial charge >= 0.3 is 0 Å².